The van der Waals surface area contributed by atoms with Gasteiger partial charge in [0.2, 0.25) is 0 Å². The molecule has 3 rings (SSSR count). The predicted molar refractivity (Wildman–Crippen MR) is 126 cm³/mol. The summed E-state index contributed by atoms with van der Waals surface area (Å²) in [4.78, 5) is 30.3. The Morgan fingerprint density at radius 1 is 1.12 bits per heavy atom. The zero-order valence-corrected chi connectivity index (χ0v) is 19.0. The molecule has 0 spiro atoms. The summed E-state index contributed by atoms with van der Waals surface area (Å²) in [7, 11) is 0. The minimum atomic E-state index is -0.232. The van der Waals surface area contributed by atoms with Crippen LogP contribution in [0.3, 0.4) is 0 Å². The van der Waals surface area contributed by atoms with Crippen molar-refractivity contribution in [3.63, 3.8) is 0 Å². The Morgan fingerprint density at radius 3 is 2.41 bits per heavy atom. The molecule has 1 unspecified atom stereocenters. The van der Waals surface area contributed by atoms with Crippen LogP contribution in [-0.2, 0) is 9.63 Å². The number of ketones is 1. The number of hydrogen-bond donors (Lipinski definition) is 2. The van der Waals surface area contributed by atoms with Crippen LogP contribution in [0.2, 0.25) is 5.02 Å². The van der Waals surface area contributed by atoms with Gasteiger partial charge < -0.3 is 15.3 Å². The third kappa shape index (κ3) is 5.77. The molecular formula is C25H27ClN2O4. The first-order valence-electron chi connectivity index (χ1n) is 10.7. The number of carbonyl (C=O) groups is 2. The summed E-state index contributed by atoms with van der Waals surface area (Å²) in [5, 5.41) is 18.1. The standard InChI is InChI=1S/C25H27ClN2O4/c1-3-5-21(28-32-4-2)24-22(29)14-18(15-23(24)30)16-8-12-20(13-9-16)27-25(31)17-6-10-19(26)11-7-17/h6-13,18,29H,3-5,14-15H2,1-2H3,(H,27,31). The van der Waals surface area contributed by atoms with Gasteiger partial charge in [-0.05, 0) is 61.2 Å². The van der Waals surface area contributed by atoms with Crippen LogP contribution in [0.25, 0.3) is 0 Å². The number of allylic oxidation sites excluding steroid dienone is 2. The number of nitrogens with one attached hydrogen (secondary N) is 1. The van der Waals surface area contributed by atoms with E-state index in [2.05, 4.69) is 10.5 Å². The summed E-state index contributed by atoms with van der Waals surface area (Å²) < 4.78 is 0. The molecule has 2 aromatic rings. The lowest BCUT2D eigenvalue weighted by atomic mass is 9.81. The topological polar surface area (TPSA) is 88.0 Å². The van der Waals surface area contributed by atoms with Crippen molar-refractivity contribution in [2.75, 3.05) is 11.9 Å². The van der Waals surface area contributed by atoms with E-state index in [0.717, 1.165) is 12.0 Å². The summed E-state index contributed by atoms with van der Waals surface area (Å²) in [6, 6.07) is 14.0. The summed E-state index contributed by atoms with van der Waals surface area (Å²) in [5.41, 5.74) is 2.88. The van der Waals surface area contributed by atoms with E-state index in [1.54, 1.807) is 36.4 Å². The summed E-state index contributed by atoms with van der Waals surface area (Å²) in [5.74, 6) is -0.448. The molecule has 7 heteroatoms. The molecule has 168 valence electrons. The number of amides is 1. The number of benzene rings is 2. The molecule has 0 radical (unpaired) electrons. The number of Topliss-reactive ketones (excluding diaryl/α,β-unsaturated/α-hetero) is 1. The summed E-state index contributed by atoms with van der Waals surface area (Å²) >= 11 is 5.86. The Morgan fingerprint density at radius 2 is 1.81 bits per heavy atom. The van der Waals surface area contributed by atoms with E-state index in [1.165, 1.54) is 0 Å². The van der Waals surface area contributed by atoms with Crippen LogP contribution in [0.4, 0.5) is 5.69 Å². The molecule has 0 saturated carbocycles. The largest absolute Gasteiger partial charge is 0.511 e. The van der Waals surface area contributed by atoms with E-state index >= 15 is 0 Å². The van der Waals surface area contributed by atoms with Crippen LogP contribution in [-0.4, -0.2) is 29.1 Å². The monoisotopic (exact) mass is 454 g/mol. The minimum absolute atomic E-state index is 0.0540. The van der Waals surface area contributed by atoms with Gasteiger partial charge in [0, 0.05) is 29.1 Å². The third-order valence-electron chi connectivity index (χ3n) is 5.26. The molecule has 0 fully saturated rings. The molecule has 0 bridgehead atoms. The lowest BCUT2D eigenvalue weighted by Crippen LogP contribution is -2.24. The number of aliphatic hydroxyl groups is 1. The van der Waals surface area contributed by atoms with Crippen LogP contribution in [0.5, 0.6) is 0 Å². The Labute approximate surface area is 192 Å². The molecule has 0 heterocycles. The number of halogens is 1. The Bertz CT molecular complexity index is 1030. The number of aliphatic hydroxyl groups excluding tert-OH is 1. The van der Waals surface area contributed by atoms with Crippen molar-refractivity contribution < 1.29 is 19.5 Å². The Balaban J connectivity index is 1.71. The van der Waals surface area contributed by atoms with Gasteiger partial charge in [-0.25, -0.2) is 0 Å². The van der Waals surface area contributed by atoms with Crippen LogP contribution < -0.4 is 5.32 Å². The van der Waals surface area contributed by atoms with E-state index in [1.807, 2.05) is 26.0 Å². The van der Waals surface area contributed by atoms with E-state index in [-0.39, 0.29) is 29.8 Å². The molecule has 1 amide bonds. The van der Waals surface area contributed by atoms with Crippen molar-refractivity contribution in [1.82, 2.24) is 0 Å². The smallest absolute Gasteiger partial charge is 0.255 e. The highest BCUT2D eigenvalue weighted by molar-refractivity contribution is 6.30. The normalized spacial score (nSPS) is 16.8. The van der Waals surface area contributed by atoms with Crippen molar-refractivity contribution in [1.29, 1.82) is 0 Å². The van der Waals surface area contributed by atoms with Gasteiger partial charge in [-0.1, -0.05) is 42.2 Å². The van der Waals surface area contributed by atoms with Gasteiger partial charge in [0.05, 0.1) is 11.3 Å². The van der Waals surface area contributed by atoms with E-state index in [9.17, 15) is 14.7 Å². The first-order chi connectivity index (χ1) is 15.4. The maximum absolute atomic E-state index is 12.8. The molecule has 0 saturated heterocycles. The summed E-state index contributed by atoms with van der Waals surface area (Å²) in [6.07, 6.45) is 2.00. The van der Waals surface area contributed by atoms with Crippen molar-refractivity contribution in [3.05, 3.63) is 76.0 Å². The average Bonchev–Trinajstić information content (AvgIpc) is 2.77. The van der Waals surface area contributed by atoms with Gasteiger partial charge in [0.15, 0.2) is 5.78 Å². The van der Waals surface area contributed by atoms with Crippen LogP contribution in [0, 0.1) is 0 Å². The maximum Gasteiger partial charge on any atom is 0.255 e. The second-order valence-electron chi connectivity index (χ2n) is 7.64. The number of oxime groups is 1. The lowest BCUT2D eigenvalue weighted by Gasteiger charge is -2.24. The Kier molecular flexibility index (Phi) is 8.06. The number of anilines is 1. The Hall–Kier alpha value is -3.12. The molecule has 0 aliphatic heterocycles. The predicted octanol–water partition coefficient (Wildman–Crippen LogP) is 6.04. The summed E-state index contributed by atoms with van der Waals surface area (Å²) in [6.45, 7) is 4.21. The maximum atomic E-state index is 12.8. The number of carbonyl (C=O) groups excluding carboxylic acids is 2. The number of rotatable bonds is 8. The average molecular weight is 455 g/mol. The minimum Gasteiger partial charge on any atom is -0.511 e. The first kappa shape index (κ1) is 23.5. The SMILES string of the molecule is CCCC(=NOCC)C1=C(O)CC(c2ccc(NC(=O)c3ccc(Cl)cc3)cc2)CC1=O. The molecular weight excluding hydrogens is 428 g/mol. The zero-order chi connectivity index (χ0) is 23.1. The van der Waals surface area contributed by atoms with Gasteiger partial charge in [-0.3, -0.25) is 9.59 Å². The fraction of sp³-hybridized carbons (Fsp3) is 0.320. The van der Waals surface area contributed by atoms with Crippen molar-refractivity contribution in [3.8, 4) is 0 Å². The number of nitrogens with zero attached hydrogens (tertiary/aromatic N) is 1. The molecule has 0 aromatic heterocycles. The van der Waals surface area contributed by atoms with Crippen molar-refractivity contribution >= 4 is 34.7 Å². The molecule has 2 aromatic carbocycles. The molecule has 32 heavy (non-hydrogen) atoms. The second-order valence-corrected chi connectivity index (χ2v) is 8.08. The van der Waals surface area contributed by atoms with Crippen LogP contribution in [0.1, 0.15) is 61.4 Å². The molecule has 1 aliphatic rings. The lowest BCUT2D eigenvalue weighted by molar-refractivity contribution is -0.116. The fourth-order valence-corrected chi connectivity index (χ4v) is 3.82. The molecule has 2 N–H and O–H groups in total. The molecule has 6 nitrogen and oxygen atoms in total. The van der Waals surface area contributed by atoms with E-state index < -0.39 is 0 Å². The van der Waals surface area contributed by atoms with Gasteiger partial charge in [-0.15, -0.1) is 0 Å². The fourth-order valence-electron chi connectivity index (χ4n) is 3.70. The molecule has 1 aliphatic carbocycles. The van der Waals surface area contributed by atoms with Crippen LogP contribution in [0.15, 0.2) is 65.0 Å². The third-order valence-corrected chi connectivity index (χ3v) is 5.52. The molecule has 1 atom stereocenters. The van der Waals surface area contributed by atoms with Gasteiger partial charge >= 0.3 is 0 Å². The van der Waals surface area contributed by atoms with Gasteiger partial charge in [-0.2, -0.15) is 0 Å². The zero-order valence-electron chi connectivity index (χ0n) is 18.2. The quantitative estimate of drug-likeness (QED) is 0.375. The first-order valence-corrected chi connectivity index (χ1v) is 11.1. The second kappa shape index (κ2) is 11.0. The van der Waals surface area contributed by atoms with Gasteiger partial charge in [0.25, 0.3) is 5.91 Å². The van der Waals surface area contributed by atoms with E-state index in [4.69, 9.17) is 16.4 Å². The van der Waals surface area contributed by atoms with Crippen molar-refractivity contribution in [2.45, 2.75) is 45.4 Å². The van der Waals surface area contributed by atoms with Crippen molar-refractivity contribution in [2.24, 2.45) is 5.16 Å². The highest BCUT2D eigenvalue weighted by Gasteiger charge is 2.31. The van der Waals surface area contributed by atoms with E-state index in [0.29, 0.717) is 47.0 Å². The highest BCUT2D eigenvalue weighted by Crippen LogP contribution is 2.35. The van der Waals surface area contributed by atoms with Gasteiger partial charge in [0.1, 0.15) is 12.4 Å². The van der Waals surface area contributed by atoms with Crippen LogP contribution >= 0.6 is 11.6 Å². The number of hydrogen-bond acceptors (Lipinski definition) is 5. The highest BCUT2D eigenvalue weighted by atomic mass is 35.5.